The van der Waals surface area contributed by atoms with Crippen LogP contribution < -0.4 is 10.7 Å². The Morgan fingerprint density at radius 3 is 2.79 bits per heavy atom. The second-order valence-electron chi connectivity index (χ2n) is 6.44. The van der Waals surface area contributed by atoms with Crippen LogP contribution in [0.15, 0.2) is 65.8 Å². The molecule has 0 aliphatic heterocycles. The number of aromatic amines is 2. The smallest absolute Gasteiger partial charge is 0.257 e. The molecule has 28 heavy (non-hydrogen) atoms. The molecule has 4 rings (SSSR count). The highest BCUT2D eigenvalue weighted by Crippen LogP contribution is 2.15. The first-order chi connectivity index (χ1) is 13.6. The summed E-state index contributed by atoms with van der Waals surface area (Å²) in [5, 5.41) is 3.64. The number of benzene rings is 2. The summed E-state index contributed by atoms with van der Waals surface area (Å²) < 4.78 is 0. The maximum absolute atomic E-state index is 12.6. The zero-order valence-corrected chi connectivity index (χ0v) is 15.6. The Morgan fingerprint density at radius 1 is 1.11 bits per heavy atom. The number of carbonyl (C=O) groups excluding carboxylic acids is 1. The fourth-order valence-corrected chi connectivity index (χ4v) is 3.25. The fraction of sp³-hybridized carbons (Fsp3) is 0.0952. The van der Waals surface area contributed by atoms with E-state index in [1.807, 2.05) is 24.3 Å². The van der Waals surface area contributed by atoms with Gasteiger partial charge in [0.15, 0.2) is 0 Å². The van der Waals surface area contributed by atoms with Crippen LogP contribution in [0.5, 0.6) is 0 Å². The molecular formula is C21H17ClN4O2. The molecule has 0 saturated carbocycles. The van der Waals surface area contributed by atoms with Crippen molar-refractivity contribution in [3.8, 4) is 0 Å². The minimum Gasteiger partial charge on any atom is -0.360 e. The van der Waals surface area contributed by atoms with Crippen LogP contribution in [-0.2, 0) is 13.0 Å². The number of rotatable bonds is 5. The lowest BCUT2D eigenvalue weighted by atomic mass is 10.1. The van der Waals surface area contributed by atoms with Crippen molar-refractivity contribution in [2.75, 3.05) is 0 Å². The average Bonchev–Trinajstić information content (AvgIpc) is 3.20. The molecule has 0 fully saturated rings. The van der Waals surface area contributed by atoms with E-state index in [1.165, 1.54) is 6.20 Å². The number of hydrogen-bond donors (Lipinski definition) is 3. The highest BCUT2D eigenvalue weighted by Gasteiger charge is 2.13. The van der Waals surface area contributed by atoms with Gasteiger partial charge in [-0.1, -0.05) is 35.9 Å². The molecule has 0 aliphatic carbocycles. The van der Waals surface area contributed by atoms with Crippen molar-refractivity contribution in [1.29, 1.82) is 0 Å². The minimum atomic E-state index is -0.431. The number of aromatic nitrogens is 3. The van der Waals surface area contributed by atoms with Crippen LogP contribution in [-0.4, -0.2) is 20.9 Å². The van der Waals surface area contributed by atoms with Crippen LogP contribution in [0, 0.1) is 0 Å². The molecule has 2 aromatic heterocycles. The normalized spacial score (nSPS) is 10.9. The third-order valence-corrected chi connectivity index (χ3v) is 4.69. The van der Waals surface area contributed by atoms with E-state index in [0.29, 0.717) is 28.9 Å². The molecule has 0 aliphatic rings. The van der Waals surface area contributed by atoms with Crippen LogP contribution in [0.1, 0.15) is 27.3 Å². The van der Waals surface area contributed by atoms with Gasteiger partial charge in [0.1, 0.15) is 11.4 Å². The predicted octanol–water partition coefficient (Wildman–Crippen LogP) is 3.43. The number of pyridine rings is 1. The molecule has 0 saturated heterocycles. The van der Waals surface area contributed by atoms with Crippen LogP contribution in [0.2, 0.25) is 5.02 Å². The summed E-state index contributed by atoms with van der Waals surface area (Å²) in [5.74, 6) is 0.446. The quantitative estimate of drug-likeness (QED) is 0.486. The van der Waals surface area contributed by atoms with Gasteiger partial charge in [-0.3, -0.25) is 9.59 Å². The van der Waals surface area contributed by atoms with Crippen LogP contribution in [0.4, 0.5) is 0 Å². The second kappa shape index (κ2) is 7.70. The van der Waals surface area contributed by atoms with Gasteiger partial charge in [-0.25, -0.2) is 4.98 Å². The van der Waals surface area contributed by atoms with E-state index in [4.69, 9.17) is 11.6 Å². The van der Waals surface area contributed by atoms with Gasteiger partial charge in [0.2, 0.25) is 5.43 Å². The number of H-pyrrole nitrogens is 2. The Balaban J connectivity index is 1.49. The predicted molar refractivity (Wildman–Crippen MR) is 109 cm³/mol. The molecule has 0 atom stereocenters. The van der Waals surface area contributed by atoms with Crippen molar-refractivity contribution >= 4 is 28.4 Å². The van der Waals surface area contributed by atoms with Gasteiger partial charge in [-0.2, -0.15) is 0 Å². The van der Waals surface area contributed by atoms with Crippen LogP contribution in [0.3, 0.4) is 0 Å². The summed E-state index contributed by atoms with van der Waals surface area (Å²) in [6.07, 6.45) is 5.61. The summed E-state index contributed by atoms with van der Waals surface area (Å²) in [7, 11) is 0. The average molecular weight is 393 g/mol. The van der Waals surface area contributed by atoms with Gasteiger partial charge < -0.3 is 15.3 Å². The van der Waals surface area contributed by atoms with E-state index in [1.54, 1.807) is 30.6 Å². The molecule has 0 bridgehead atoms. The number of nitrogens with one attached hydrogen (secondary N) is 3. The number of hydrogen-bond acceptors (Lipinski definition) is 3. The van der Waals surface area contributed by atoms with Crippen molar-refractivity contribution < 1.29 is 4.79 Å². The van der Waals surface area contributed by atoms with Gasteiger partial charge in [-0.15, -0.1) is 0 Å². The number of carbonyl (C=O) groups is 1. The third-order valence-electron chi connectivity index (χ3n) is 4.46. The monoisotopic (exact) mass is 392 g/mol. The summed E-state index contributed by atoms with van der Waals surface area (Å²) >= 11 is 5.97. The van der Waals surface area contributed by atoms with E-state index in [0.717, 1.165) is 17.0 Å². The number of imidazole rings is 1. The lowest BCUT2D eigenvalue weighted by Crippen LogP contribution is -2.28. The highest BCUT2D eigenvalue weighted by molar-refractivity contribution is 6.31. The SMILES string of the molecule is O=C(NCc1cccc(Cc2ncc[nH]2)c1)c1c[nH]c2ccc(Cl)cc2c1=O. The molecule has 0 unspecified atom stereocenters. The maximum Gasteiger partial charge on any atom is 0.257 e. The lowest BCUT2D eigenvalue weighted by molar-refractivity contribution is 0.0949. The Bertz CT molecular complexity index is 1200. The second-order valence-corrected chi connectivity index (χ2v) is 6.87. The Hall–Kier alpha value is -3.38. The molecular weight excluding hydrogens is 376 g/mol. The third kappa shape index (κ3) is 3.82. The molecule has 1 amide bonds. The largest absolute Gasteiger partial charge is 0.360 e. The van der Waals surface area contributed by atoms with Crippen molar-refractivity contribution in [1.82, 2.24) is 20.3 Å². The molecule has 4 aromatic rings. The van der Waals surface area contributed by atoms with Crippen LogP contribution in [0.25, 0.3) is 10.9 Å². The van der Waals surface area contributed by atoms with E-state index < -0.39 is 5.91 Å². The molecule has 7 heteroatoms. The molecule has 3 N–H and O–H groups in total. The summed E-state index contributed by atoms with van der Waals surface area (Å²) in [6.45, 7) is 0.317. The summed E-state index contributed by atoms with van der Waals surface area (Å²) in [4.78, 5) is 35.4. The van der Waals surface area contributed by atoms with Crippen molar-refractivity contribution in [2.24, 2.45) is 0 Å². The Kier molecular flexibility index (Phi) is 4.95. The van der Waals surface area contributed by atoms with E-state index in [-0.39, 0.29) is 11.0 Å². The molecule has 0 spiro atoms. The standard InChI is InChI=1S/C21H17ClN4O2/c22-15-4-5-18-16(10-15)20(27)17(12-25-18)21(28)26-11-14-3-1-2-13(8-14)9-19-23-6-7-24-19/h1-8,10,12H,9,11H2,(H,23,24)(H,25,27)(H,26,28). The van der Waals surface area contributed by atoms with Gasteiger partial charge in [0, 0.05) is 47.5 Å². The van der Waals surface area contributed by atoms with Gasteiger partial charge in [0.05, 0.1) is 0 Å². The molecule has 6 nitrogen and oxygen atoms in total. The van der Waals surface area contributed by atoms with Crippen molar-refractivity contribution in [3.05, 3.63) is 98.8 Å². The van der Waals surface area contributed by atoms with Crippen LogP contribution >= 0.6 is 11.6 Å². The highest BCUT2D eigenvalue weighted by atomic mass is 35.5. The molecule has 0 radical (unpaired) electrons. The topological polar surface area (TPSA) is 90.6 Å². The number of fused-ring (bicyclic) bond motifs is 1. The summed E-state index contributed by atoms with van der Waals surface area (Å²) in [5.41, 5.74) is 2.37. The van der Waals surface area contributed by atoms with Crippen molar-refractivity contribution in [3.63, 3.8) is 0 Å². The number of amides is 1. The summed E-state index contributed by atoms with van der Waals surface area (Å²) in [6, 6.07) is 12.8. The maximum atomic E-state index is 12.6. The van der Waals surface area contributed by atoms with Gasteiger partial charge >= 0.3 is 0 Å². The molecule has 140 valence electrons. The Labute approximate surface area is 165 Å². The van der Waals surface area contributed by atoms with E-state index in [9.17, 15) is 9.59 Å². The molecule has 2 aromatic carbocycles. The van der Waals surface area contributed by atoms with E-state index >= 15 is 0 Å². The van der Waals surface area contributed by atoms with Gasteiger partial charge in [0.25, 0.3) is 5.91 Å². The number of nitrogens with zero attached hydrogens (tertiary/aromatic N) is 1. The fourth-order valence-electron chi connectivity index (χ4n) is 3.07. The van der Waals surface area contributed by atoms with Gasteiger partial charge in [-0.05, 0) is 29.3 Å². The zero-order chi connectivity index (χ0) is 19.5. The molecule has 2 heterocycles. The van der Waals surface area contributed by atoms with Crippen molar-refractivity contribution in [2.45, 2.75) is 13.0 Å². The number of halogens is 1. The minimum absolute atomic E-state index is 0.0570. The Morgan fingerprint density at radius 2 is 1.96 bits per heavy atom. The first-order valence-corrected chi connectivity index (χ1v) is 9.13. The first-order valence-electron chi connectivity index (χ1n) is 8.75. The van der Waals surface area contributed by atoms with E-state index in [2.05, 4.69) is 20.3 Å². The first kappa shape index (κ1) is 18.0. The lowest BCUT2D eigenvalue weighted by Gasteiger charge is -2.08. The zero-order valence-electron chi connectivity index (χ0n) is 14.8.